The molecule has 3 aromatic rings. The number of aromatic nitrogens is 2. The molecule has 0 aliphatic heterocycles. The van der Waals surface area contributed by atoms with Gasteiger partial charge >= 0.3 is 0 Å². The van der Waals surface area contributed by atoms with Crippen molar-refractivity contribution in [3.05, 3.63) is 64.8 Å². The van der Waals surface area contributed by atoms with E-state index in [1.165, 1.54) is 24.4 Å². The Morgan fingerprint density at radius 3 is 2.67 bits per heavy atom. The smallest absolute Gasteiger partial charge is 0.191 e. The van der Waals surface area contributed by atoms with Gasteiger partial charge in [-0.1, -0.05) is 0 Å². The average molecular weight is 240 g/mol. The Hall–Kier alpha value is -2.49. The number of hydrogen-bond acceptors (Lipinski definition) is 2. The normalized spacial score (nSPS) is 10.7. The third kappa shape index (κ3) is 1.78. The summed E-state index contributed by atoms with van der Waals surface area (Å²) >= 11 is 0. The molecule has 3 rings (SSSR count). The molecular weight excluding hydrogens is 231 g/mol. The molecule has 0 fully saturated rings. The zero-order valence-corrected chi connectivity index (χ0v) is 9.35. The van der Waals surface area contributed by atoms with Crippen molar-refractivity contribution in [3.8, 4) is 11.3 Å². The van der Waals surface area contributed by atoms with E-state index in [0.29, 0.717) is 11.1 Å². The van der Waals surface area contributed by atoms with Gasteiger partial charge in [-0.05, 0) is 35.9 Å². The molecule has 0 saturated carbocycles. The van der Waals surface area contributed by atoms with Gasteiger partial charge in [0, 0.05) is 24.2 Å². The van der Waals surface area contributed by atoms with Crippen LogP contribution in [0.5, 0.6) is 0 Å². The maximum absolute atomic E-state index is 12.9. The van der Waals surface area contributed by atoms with E-state index in [0.717, 1.165) is 11.1 Å². The molecule has 0 saturated heterocycles. The topological polar surface area (TPSA) is 45.8 Å². The van der Waals surface area contributed by atoms with Crippen LogP contribution in [0.25, 0.3) is 22.2 Å². The number of pyridine rings is 2. The van der Waals surface area contributed by atoms with Crippen LogP contribution in [0.1, 0.15) is 0 Å². The SMILES string of the molecule is O=c1cc(-c2ccc(F)cc2)[nH]c2ccncc12. The van der Waals surface area contributed by atoms with Crippen LogP contribution in [0.15, 0.2) is 53.6 Å². The third-order valence-electron chi connectivity index (χ3n) is 2.79. The average Bonchev–Trinajstić information content (AvgIpc) is 2.39. The quantitative estimate of drug-likeness (QED) is 0.710. The molecule has 1 aromatic carbocycles. The van der Waals surface area contributed by atoms with Crippen molar-refractivity contribution in [1.82, 2.24) is 9.97 Å². The van der Waals surface area contributed by atoms with E-state index >= 15 is 0 Å². The van der Waals surface area contributed by atoms with Crippen molar-refractivity contribution in [2.24, 2.45) is 0 Å². The molecule has 0 aliphatic carbocycles. The Balaban J connectivity index is 2.24. The number of benzene rings is 1. The van der Waals surface area contributed by atoms with E-state index in [4.69, 9.17) is 0 Å². The summed E-state index contributed by atoms with van der Waals surface area (Å²) in [5.41, 5.74) is 2.05. The Morgan fingerprint density at radius 2 is 1.89 bits per heavy atom. The molecule has 18 heavy (non-hydrogen) atoms. The standard InChI is InChI=1S/C14H9FN2O/c15-10-3-1-9(2-4-10)13-7-14(18)11-8-16-6-5-12(11)17-13/h1-8H,(H,17,18). The molecule has 1 N–H and O–H groups in total. The first-order valence-corrected chi connectivity index (χ1v) is 5.47. The largest absolute Gasteiger partial charge is 0.354 e. The van der Waals surface area contributed by atoms with E-state index in [1.54, 1.807) is 24.4 Å². The molecule has 3 nitrogen and oxygen atoms in total. The fraction of sp³-hybridized carbons (Fsp3) is 0. The predicted molar refractivity (Wildman–Crippen MR) is 67.8 cm³/mol. The molecular formula is C14H9FN2O. The maximum Gasteiger partial charge on any atom is 0.191 e. The van der Waals surface area contributed by atoms with Crippen LogP contribution in [-0.2, 0) is 0 Å². The van der Waals surface area contributed by atoms with Gasteiger partial charge in [-0.25, -0.2) is 4.39 Å². The highest BCUT2D eigenvalue weighted by Crippen LogP contribution is 2.18. The van der Waals surface area contributed by atoms with E-state index < -0.39 is 0 Å². The van der Waals surface area contributed by atoms with Crippen LogP contribution in [0.2, 0.25) is 0 Å². The predicted octanol–water partition coefficient (Wildman–Crippen LogP) is 2.73. The summed E-state index contributed by atoms with van der Waals surface area (Å²) < 4.78 is 12.9. The van der Waals surface area contributed by atoms with E-state index in [2.05, 4.69) is 9.97 Å². The second kappa shape index (κ2) is 4.07. The van der Waals surface area contributed by atoms with Gasteiger partial charge < -0.3 is 4.98 Å². The molecule has 0 amide bonds. The van der Waals surface area contributed by atoms with Gasteiger partial charge in [0.1, 0.15) is 5.82 Å². The number of nitrogens with one attached hydrogen (secondary N) is 1. The molecule has 0 aliphatic rings. The Kier molecular flexibility index (Phi) is 2.41. The molecule has 0 unspecified atom stereocenters. The highest BCUT2D eigenvalue weighted by Gasteiger charge is 2.04. The first-order chi connectivity index (χ1) is 8.74. The summed E-state index contributed by atoms with van der Waals surface area (Å²) in [6.45, 7) is 0. The number of fused-ring (bicyclic) bond motifs is 1. The fourth-order valence-corrected chi connectivity index (χ4v) is 1.87. The zero-order valence-electron chi connectivity index (χ0n) is 9.35. The number of hydrogen-bond donors (Lipinski definition) is 1. The van der Waals surface area contributed by atoms with Crippen molar-refractivity contribution in [2.45, 2.75) is 0 Å². The number of halogens is 1. The molecule has 0 spiro atoms. The molecule has 0 bridgehead atoms. The highest BCUT2D eigenvalue weighted by molar-refractivity contribution is 5.80. The lowest BCUT2D eigenvalue weighted by molar-refractivity contribution is 0.628. The Bertz CT molecular complexity index is 763. The second-order valence-electron chi connectivity index (χ2n) is 3.98. The van der Waals surface area contributed by atoms with Crippen molar-refractivity contribution >= 4 is 10.9 Å². The zero-order chi connectivity index (χ0) is 12.5. The number of H-pyrrole nitrogens is 1. The van der Waals surface area contributed by atoms with E-state index in [1.807, 2.05) is 0 Å². The first kappa shape index (κ1) is 10.7. The summed E-state index contributed by atoms with van der Waals surface area (Å²) in [6, 6.07) is 9.23. The number of aromatic amines is 1. The van der Waals surface area contributed by atoms with Gasteiger partial charge in [-0.3, -0.25) is 9.78 Å². The van der Waals surface area contributed by atoms with Crippen LogP contribution in [0.4, 0.5) is 4.39 Å². The van der Waals surface area contributed by atoms with E-state index in [9.17, 15) is 9.18 Å². The Labute approximate surface area is 102 Å². The van der Waals surface area contributed by atoms with Gasteiger partial charge in [0.15, 0.2) is 5.43 Å². The summed E-state index contributed by atoms with van der Waals surface area (Å²) in [5, 5.41) is 0.545. The van der Waals surface area contributed by atoms with Crippen LogP contribution >= 0.6 is 0 Å². The summed E-state index contributed by atoms with van der Waals surface area (Å²) in [6.07, 6.45) is 3.15. The summed E-state index contributed by atoms with van der Waals surface area (Å²) in [4.78, 5) is 19.0. The molecule has 0 atom stereocenters. The third-order valence-corrected chi connectivity index (χ3v) is 2.79. The van der Waals surface area contributed by atoms with Gasteiger partial charge in [0.2, 0.25) is 0 Å². The van der Waals surface area contributed by atoms with Crippen molar-refractivity contribution in [2.75, 3.05) is 0 Å². The summed E-state index contributed by atoms with van der Waals surface area (Å²) in [5.74, 6) is -0.300. The van der Waals surface area contributed by atoms with Crippen LogP contribution in [0, 0.1) is 5.82 Å². The van der Waals surface area contributed by atoms with Crippen molar-refractivity contribution < 1.29 is 4.39 Å². The molecule has 2 heterocycles. The lowest BCUT2D eigenvalue weighted by atomic mass is 10.1. The van der Waals surface area contributed by atoms with Gasteiger partial charge in [0.25, 0.3) is 0 Å². The minimum absolute atomic E-state index is 0.101. The van der Waals surface area contributed by atoms with Crippen molar-refractivity contribution in [1.29, 1.82) is 0 Å². The van der Waals surface area contributed by atoms with Gasteiger partial charge in [0.05, 0.1) is 10.9 Å². The maximum atomic E-state index is 12.9. The van der Waals surface area contributed by atoms with Crippen LogP contribution < -0.4 is 5.43 Å². The molecule has 88 valence electrons. The van der Waals surface area contributed by atoms with Gasteiger partial charge in [-0.15, -0.1) is 0 Å². The second-order valence-corrected chi connectivity index (χ2v) is 3.98. The Morgan fingerprint density at radius 1 is 1.11 bits per heavy atom. The van der Waals surface area contributed by atoms with E-state index in [-0.39, 0.29) is 11.2 Å². The minimum atomic E-state index is -0.300. The number of nitrogens with zero attached hydrogens (tertiary/aromatic N) is 1. The number of rotatable bonds is 1. The summed E-state index contributed by atoms with van der Waals surface area (Å²) in [7, 11) is 0. The monoisotopic (exact) mass is 240 g/mol. The molecule has 4 heteroatoms. The highest BCUT2D eigenvalue weighted by atomic mass is 19.1. The first-order valence-electron chi connectivity index (χ1n) is 5.47. The lowest BCUT2D eigenvalue weighted by Crippen LogP contribution is -2.03. The van der Waals surface area contributed by atoms with Crippen LogP contribution in [-0.4, -0.2) is 9.97 Å². The lowest BCUT2D eigenvalue weighted by Gasteiger charge is -2.04. The fourth-order valence-electron chi connectivity index (χ4n) is 1.87. The van der Waals surface area contributed by atoms with Crippen molar-refractivity contribution in [3.63, 3.8) is 0 Å². The minimum Gasteiger partial charge on any atom is -0.354 e. The van der Waals surface area contributed by atoms with Gasteiger partial charge in [-0.2, -0.15) is 0 Å². The van der Waals surface area contributed by atoms with Crippen LogP contribution in [0.3, 0.4) is 0 Å². The molecule has 2 aromatic heterocycles. The molecule has 0 radical (unpaired) electrons.